The first kappa shape index (κ1) is 10.2. The summed E-state index contributed by atoms with van der Waals surface area (Å²) in [5, 5.41) is 44.6. The molecule has 1 aliphatic rings. The molecule has 1 fully saturated rings. The van der Waals surface area contributed by atoms with E-state index in [4.69, 9.17) is 20.4 Å². The highest BCUT2D eigenvalue weighted by molar-refractivity contribution is 8.00. The molecule has 0 unspecified atom stereocenters. The lowest BCUT2D eigenvalue weighted by Crippen LogP contribution is -2.53. The van der Waals surface area contributed by atoms with Gasteiger partial charge in [0.2, 0.25) is 0 Å². The number of aliphatic hydroxyl groups excluding tert-OH is 5. The highest BCUT2D eigenvalue weighted by Crippen LogP contribution is 2.30. The molecule has 0 bridgehead atoms. The van der Waals surface area contributed by atoms with Gasteiger partial charge in [-0.2, -0.15) is 0 Å². The van der Waals surface area contributed by atoms with E-state index in [9.17, 15) is 5.11 Å². The zero-order valence-electron chi connectivity index (χ0n) is 6.24. The first-order valence-electron chi connectivity index (χ1n) is 3.56. The molecular weight excluding hydrogens is 184 g/mol. The third-order valence-corrected chi connectivity index (χ3v) is 3.20. The van der Waals surface area contributed by atoms with E-state index in [0.717, 1.165) is 11.8 Å². The number of thioether (sulfide) groups is 1. The first-order chi connectivity index (χ1) is 5.57. The summed E-state index contributed by atoms with van der Waals surface area (Å²) < 4.78 is 0. The van der Waals surface area contributed by atoms with Gasteiger partial charge >= 0.3 is 0 Å². The lowest BCUT2D eigenvalue weighted by molar-refractivity contribution is -0.0953. The van der Waals surface area contributed by atoms with Crippen LogP contribution in [0.2, 0.25) is 0 Å². The van der Waals surface area contributed by atoms with Crippen molar-refractivity contribution in [2.24, 2.45) is 0 Å². The normalized spacial score (nSPS) is 49.2. The van der Waals surface area contributed by atoms with Crippen molar-refractivity contribution in [3.8, 4) is 0 Å². The van der Waals surface area contributed by atoms with Crippen molar-refractivity contribution in [3.63, 3.8) is 0 Å². The molecule has 0 aliphatic carbocycles. The molecule has 0 aromatic rings. The predicted molar refractivity (Wildman–Crippen MR) is 42.5 cm³/mol. The van der Waals surface area contributed by atoms with Gasteiger partial charge in [0.05, 0.1) is 18.0 Å². The Morgan fingerprint density at radius 1 is 0.917 bits per heavy atom. The molecule has 5 nitrogen and oxygen atoms in total. The molecule has 1 rings (SSSR count). The van der Waals surface area contributed by atoms with E-state index in [2.05, 4.69) is 0 Å². The van der Waals surface area contributed by atoms with Crippen molar-refractivity contribution in [1.29, 1.82) is 0 Å². The third kappa shape index (κ3) is 1.73. The maximum absolute atomic E-state index is 9.22. The summed E-state index contributed by atoms with van der Waals surface area (Å²) in [5.41, 5.74) is -1.15. The maximum atomic E-state index is 9.22. The lowest BCUT2D eigenvalue weighted by atomic mass is 10.0. The van der Waals surface area contributed by atoms with E-state index >= 15 is 0 Å². The molecule has 72 valence electrons. The number of rotatable bonds is 1. The fourth-order valence-corrected chi connectivity index (χ4v) is 2.17. The molecule has 5 N–H and O–H groups in total. The van der Waals surface area contributed by atoms with E-state index in [1.165, 1.54) is 0 Å². The second-order valence-corrected chi connectivity index (χ2v) is 4.08. The van der Waals surface area contributed by atoms with Gasteiger partial charge in [0.25, 0.3) is 0 Å². The van der Waals surface area contributed by atoms with Crippen LogP contribution in [0.4, 0.5) is 0 Å². The van der Waals surface area contributed by atoms with Crippen molar-refractivity contribution < 1.29 is 25.5 Å². The lowest BCUT2D eigenvalue weighted by Gasteiger charge is -2.36. The molecular formula is C6H12O5S. The van der Waals surface area contributed by atoms with Gasteiger partial charge in [-0.3, -0.25) is 0 Å². The topological polar surface area (TPSA) is 101 Å². The highest BCUT2D eigenvalue weighted by atomic mass is 32.2. The molecule has 0 aromatic heterocycles. The zero-order chi connectivity index (χ0) is 9.30. The molecule has 0 spiro atoms. The molecule has 0 amide bonds. The van der Waals surface area contributed by atoms with Gasteiger partial charge in [-0.25, -0.2) is 0 Å². The van der Waals surface area contributed by atoms with Crippen molar-refractivity contribution in [2.75, 3.05) is 6.61 Å². The van der Waals surface area contributed by atoms with Crippen LogP contribution in [0, 0.1) is 0 Å². The summed E-state index contributed by atoms with van der Waals surface area (Å²) in [6, 6.07) is 0. The maximum Gasteiger partial charge on any atom is 0.128 e. The van der Waals surface area contributed by atoms with Gasteiger partial charge in [-0.05, 0) is 0 Å². The van der Waals surface area contributed by atoms with E-state index in [1.54, 1.807) is 0 Å². The second-order valence-electron chi connectivity index (χ2n) is 2.72. The predicted octanol–water partition coefficient (Wildman–Crippen LogP) is -2.50. The summed E-state index contributed by atoms with van der Waals surface area (Å²) >= 11 is 0.852. The Morgan fingerprint density at radius 3 is 2.00 bits per heavy atom. The second kappa shape index (κ2) is 3.91. The molecule has 5 atom stereocenters. The molecule has 6 heteroatoms. The Labute approximate surface area is 73.7 Å². The van der Waals surface area contributed by atoms with E-state index in [0.29, 0.717) is 0 Å². The number of aliphatic hydroxyl groups is 5. The Hall–Kier alpha value is 0.150. The molecule has 0 saturated carbocycles. The highest BCUT2D eigenvalue weighted by Gasteiger charge is 2.42. The largest absolute Gasteiger partial charge is 0.395 e. The fraction of sp³-hybridized carbons (Fsp3) is 1.00. The molecule has 1 heterocycles. The van der Waals surface area contributed by atoms with Crippen LogP contribution in [-0.2, 0) is 0 Å². The summed E-state index contributed by atoms with van der Waals surface area (Å²) in [6.07, 6.45) is -3.94. The smallest absolute Gasteiger partial charge is 0.128 e. The molecule has 1 saturated heterocycles. The van der Waals surface area contributed by atoms with Crippen LogP contribution in [0.15, 0.2) is 0 Å². The molecule has 0 aromatic carbocycles. The monoisotopic (exact) mass is 196 g/mol. The summed E-state index contributed by atoms with van der Waals surface area (Å²) in [6.45, 7) is -0.341. The van der Waals surface area contributed by atoms with E-state index in [-0.39, 0.29) is 6.61 Å². The van der Waals surface area contributed by atoms with Gasteiger partial charge < -0.3 is 25.5 Å². The SMILES string of the molecule is OC[C@@H]1S[C@H](O)[C@H](O)[C@H](O)[C@@H]1O. The average Bonchev–Trinajstić information content (AvgIpc) is 2.08. The van der Waals surface area contributed by atoms with Gasteiger partial charge in [-0.1, -0.05) is 0 Å². The minimum absolute atomic E-state index is 0.341. The van der Waals surface area contributed by atoms with Crippen molar-refractivity contribution in [3.05, 3.63) is 0 Å². The van der Waals surface area contributed by atoms with Crippen LogP contribution >= 0.6 is 11.8 Å². The summed E-state index contributed by atoms with van der Waals surface area (Å²) in [7, 11) is 0. The van der Waals surface area contributed by atoms with Gasteiger partial charge in [0.1, 0.15) is 17.6 Å². The fourth-order valence-electron chi connectivity index (χ4n) is 1.08. The minimum atomic E-state index is -1.39. The standard InChI is InChI=1S/C6H12O5S/c7-1-2-3(8)4(9)5(10)6(11)12-2/h2-11H,1H2/t2-,3+,4+,5+,6-/m0/s1. The molecule has 12 heavy (non-hydrogen) atoms. The third-order valence-electron chi connectivity index (χ3n) is 1.87. The van der Waals surface area contributed by atoms with Crippen LogP contribution in [0.1, 0.15) is 0 Å². The van der Waals surface area contributed by atoms with Crippen LogP contribution in [0.5, 0.6) is 0 Å². The van der Waals surface area contributed by atoms with Gasteiger partial charge in [-0.15, -0.1) is 11.8 Å². The Kier molecular flexibility index (Phi) is 3.33. The van der Waals surface area contributed by atoms with Crippen LogP contribution in [-0.4, -0.2) is 61.1 Å². The van der Waals surface area contributed by atoms with Gasteiger partial charge in [0.15, 0.2) is 0 Å². The molecule has 0 radical (unpaired) electrons. The summed E-state index contributed by atoms with van der Waals surface area (Å²) in [5.74, 6) is 0. The summed E-state index contributed by atoms with van der Waals surface area (Å²) in [4.78, 5) is 0. The Bertz CT molecular complexity index is 150. The Morgan fingerprint density at radius 2 is 1.50 bits per heavy atom. The first-order valence-corrected chi connectivity index (χ1v) is 4.50. The van der Waals surface area contributed by atoms with Crippen molar-refractivity contribution in [2.45, 2.75) is 29.0 Å². The number of hydrogen-bond acceptors (Lipinski definition) is 6. The van der Waals surface area contributed by atoms with Gasteiger partial charge in [0, 0.05) is 0 Å². The van der Waals surface area contributed by atoms with E-state index in [1.807, 2.05) is 0 Å². The van der Waals surface area contributed by atoms with Crippen LogP contribution < -0.4 is 0 Å². The average molecular weight is 196 g/mol. The van der Waals surface area contributed by atoms with Crippen LogP contribution in [0.25, 0.3) is 0 Å². The van der Waals surface area contributed by atoms with Crippen molar-refractivity contribution >= 4 is 11.8 Å². The van der Waals surface area contributed by atoms with Crippen LogP contribution in [0.3, 0.4) is 0 Å². The zero-order valence-corrected chi connectivity index (χ0v) is 7.05. The van der Waals surface area contributed by atoms with Crippen molar-refractivity contribution in [1.82, 2.24) is 0 Å². The Balaban J connectivity index is 2.63. The minimum Gasteiger partial charge on any atom is -0.395 e. The van der Waals surface area contributed by atoms with E-state index < -0.39 is 29.0 Å². The quantitative estimate of drug-likeness (QED) is 0.318. The molecule has 1 aliphatic heterocycles. The number of hydrogen-bond donors (Lipinski definition) is 5.